The normalized spacial score (nSPS) is 23.0. The van der Waals surface area contributed by atoms with E-state index in [1.54, 1.807) is 10.6 Å². The molecule has 2 fully saturated rings. The lowest BCUT2D eigenvalue weighted by molar-refractivity contribution is -0.117. The molecule has 2 aliphatic rings. The van der Waals surface area contributed by atoms with Crippen LogP contribution in [0.15, 0.2) is 42.5 Å². The zero-order valence-electron chi connectivity index (χ0n) is 16.7. The van der Waals surface area contributed by atoms with E-state index >= 15 is 0 Å². The zero-order chi connectivity index (χ0) is 21.6. The Bertz CT molecular complexity index is 1230. The fourth-order valence-electron chi connectivity index (χ4n) is 3.76. The molecule has 1 aliphatic carbocycles. The van der Waals surface area contributed by atoms with Gasteiger partial charge < -0.3 is 0 Å². The molecule has 5 rings (SSSR count). The van der Waals surface area contributed by atoms with Gasteiger partial charge in [0, 0.05) is 25.2 Å². The summed E-state index contributed by atoms with van der Waals surface area (Å²) in [7, 11) is -2.88. The SMILES string of the molecule is O=C(Nc1nc2cccc(-c3ccc(CN4CCS(=O)(=O)CC4)cc3)n2n1)C1C[C@@H]1F. The van der Waals surface area contributed by atoms with Crippen molar-refractivity contribution in [2.75, 3.05) is 29.9 Å². The van der Waals surface area contributed by atoms with E-state index in [0.717, 1.165) is 16.8 Å². The minimum Gasteiger partial charge on any atom is -0.297 e. The summed E-state index contributed by atoms with van der Waals surface area (Å²) in [6, 6.07) is 13.6. The number of carbonyl (C=O) groups excluding carboxylic acids is 1. The molecule has 1 unspecified atom stereocenters. The Balaban J connectivity index is 1.32. The van der Waals surface area contributed by atoms with Crippen LogP contribution in [-0.2, 0) is 21.2 Å². The topological polar surface area (TPSA) is 96.7 Å². The Kier molecular flexibility index (Phi) is 4.98. The van der Waals surface area contributed by atoms with Crippen molar-refractivity contribution in [1.29, 1.82) is 0 Å². The summed E-state index contributed by atoms with van der Waals surface area (Å²) < 4.78 is 37.9. The summed E-state index contributed by atoms with van der Waals surface area (Å²) >= 11 is 0. The lowest BCUT2D eigenvalue weighted by Crippen LogP contribution is -2.39. The fraction of sp³-hybridized carbons (Fsp3) is 0.381. The van der Waals surface area contributed by atoms with E-state index in [-0.39, 0.29) is 29.8 Å². The molecule has 1 saturated carbocycles. The Morgan fingerprint density at radius 2 is 1.84 bits per heavy atom. The lowest BCUT2D eigenvalue weighted by atomic mass is 10.1. The van der Waals surface area contributed by atoms with Crippen molar-refractivity contribution in [3.63, 3.8) is 0 Å². The van der Waals surface area contributed by atoms with Crippen molar-refractivity contribution >= 4 is 27.3 Å². The first-order valence-electron chi connectivity index (χ1n) is 10.2. The molecule has 10 heteroatoms. The van der Waals surface area contributed by atoms with Crippen LogP contribution in [0.1, 0.15) is 12.0 Å². The number of hydrogen-bond donors (Lipinski definition) is 1. The summed E-state index contributed by atoms with van der Waals surface area (Å²) in [6.45, 7) is 1.82. The second kappa shape index (κ2) is 7.69. The third kappa shape index (κ3) is 4.31. The number of carbonyl (C=O) groups is 1. The molecular formula is C21H22FN5O3S. The van der Waals surface area contributed by atoms with Crippen LogP contribution in [0.4, 0.5) is 10.3 Å². The van der Waals surface area contributed by atoms with Gasteiger partial charge in [0.15, 0.2) is 15.5 Å². The smallest absolute Gasteiger partial charge is 0.249 e. The van der Waals surface area contributed by atoms with Gasteiger partial charge in [0.2, 0.25) is 11.9 Å². The maximum absolute atomic E-state index is 13.1. The maximum Gasteiger partial charge on any atom is 0.249 e. The van der Waals surface area contributed by atoms with Crippen molar-refractivity contribution in [1.82, 2.24) is 19.5 Å². The molecule has 1 N–H and O–H groups in total. The van der Waals surface area contributed by atoms with Crippen LogP contribution in [0.2, 0.25) is 0 Å². The molecule has 1 saturated heterocycles. The zero-order valence-corrected chi connectivity index (χ0v) is 17.6. The van der Waals surface area contributed by atoms with E-state index in [2.05, 4.69) is 20.3 Å². The Morgan fingerprint density at radius 1 is 1.13 bits per heavy atom. The molecular weight excluding hydrogens is 421 g/mol. The molecule has 1 aromatic carbocycles. The second-order valence-corrected chi connectivity index (χ2v) is 10.4. The summed E-state index contributed by atoms with van der Waals surface area (Å²) in [4.78, 5) is 18.4. The standard InChI is InChI=1S/C21H22FN5O3S/c22-17-12-16(17)20(28)24-21-23-19-3-1-2-18(27(19)25-21)15-6-4-14(5-7-15)13-26-8-10-31(29,30)11-9-26/h1-7,16-17H,8-13H2,(H,24,25,28)/t16?,17-/m0/s1. The van der Waals surface area contributed by atoms with E-state index in [1.807, 2.05) is 36.4 Å². The largest absolute Gasteiger partial charge is 0.297 e. The van der Waals surface area contributed by atoms with Gasteiger partial charge in [0.1, 0.15) is 6.17 Å². The Labute approximate surface area is 179 Å². The molecule has 8 nitrogen and oxygen atoms in total. The Morgan fingerprint density at radius 3 is 2.52 bits per heavy atom. The minimum atomic E-state index is -2.88. The fourth-order valence-corrected chi connectivity index (χ4v) is 5.04. The van der Waals surface area contributed by atoms with Crippen LogP contribution < -0.4 is 5.32 Å². The highest BCUT2D eigenvalue weighted by molar-refractivity contribution is 7.91. The number of anilines is 1. The highest BCUT2D eigenvalue weighted by Gasteiger charge is 2.44. The van der Waals surface area contributed by atoms with E-state index < -0.39 is 21.9 Å². The molecule has 2 atom stereocenters. The predicted molar refractivity (Wildman–Crippen MR) is 114 cm³/mol. The van der Waals surface area contributed by atoms with E-state index in [1.165, 1.54) is 0 Å². The van der Waals surface area contributed by atoms with Crippen molar-refractivity contribution < 1.29 is 17.6 Å². The average molecular weight is 444 g/mol. The van der Waals surface area contributed by atoms with Crippen molar-refractivity contribution in [2.24, 2.45) is 5.92 Å². The van der Waals surface area contributed by atoms with Crippen LogP contribution in [0.3, 0.4) is 0 Å². The third-order valence-corrected chi connectivity index (χ3v) is 7.35. The first kappa shape index (κ1) is 20.1. The van der Waals surface area contributed by atoms with Gasteiger partial charge in [0.05, 0.1) is 23.1 Å². The van der Waals surface area contributed by atoms with Gasteiger partial charge in [-0.25, -0.2) is 17.3 Å². The number of benzene rings is 1. The number of fused-ring (bicyclic) bond motifs is 1. The van der Waals surface area contributed by atoms with Gasteiger partial charge in [-0.3, -0.25) is 15.0 Å². The molecule has 31 heavy (non-hydrogen) atoms. The summed E-state index contributed by atoms with van der Waals surface area (Å²) in [5.74, 6) is -0.401. The van der Waals surface area contributed by atoms with Gasteiger partial charge in [-0.05, 0) is 24.1 Å². The molecule has 0 radical (unpaired) electrons. The van der Waals surface area contributed by atoms with Crippen LogP contribution >= 0.6 is 0 Å². The molecule has 0 spiro atoms. The summed E-state index contributed by atoms with van der Waals surface area (Å²) in [6.07, 6.45) is -0.815. The molecule has 162 valence electrons. The lowest BCUT2D eigenvalue weighted by Gasteiger charge is -2.26. The third-order valence-electron chi connectivity index (χ3n) is 5.74. The molecule has 3 aromatic rings. The van der Waals surface area contributed by atoms with E-state index in [4.69, 9.17) is 0 Å². The number of rotatable bonds is 5. The van der Waals surface area contributed by atoms with Gasteiger partial charge in [-0.15, -0.1) is 5.10 Å². The first-order valence-corrected chi connectivity index (χ1v) is 12.0. The average Bonchev–Trinajstić information content (AvgIpc) is 3.34. The van der Waals surface area contributed by atoms with Crippen molar-refractivity contribution in [2.45, 2.75) is 19.1 Å². The van der Waals surface area contributed by atoms with E-state index in [9.17, 15) is 17.6 Å². The number of pyridine rings is 1. The molecule has 3 heterocycles. The van der Waals surface area contributed by atoms with Crippen molar-refractivity contribution in [3.05, 3.63) is 48.0 Å². The molecule has 0 bridgehead atoms. The number of halogens is 1. The van der Waals surface area contributed by atoms with Gasteiger partial charge in [-0.2, -0.15) is 4.98 Å². The van der Waals surface area contributed by atoms with Crippen LogP contribution in [0.25, 0.3) is 16.9 Å². The van der Waals surface area contributed by atoms with Gasteiger partial charge in [0.25, 0.3) is 0 Å². The van der Waals surface area contributed by atoms with Gasteiger partial charge >= 0.3 is 0 Å². The Hall–Kier alpha value is -2.85. The predicted octanol–water partition coefficient (Wildman–Crippen LogP) is 1.92. The van der Waals surface area contributed by atoms with Crippen LogP contribution in [0.5, 0.6) is 0 Å². The number of nitrogens with one attached hydrogen (secondary N) is 1. The molecule has 1 amide bonds. The number of sulfone groups is 1. The van der Waals surface area contributed by atoms with Crippen LogP contribution in [0, 0.1) is 5.92 Å². The number of nitrogens with zero attached hydrogens (tertiary/aromatic N) is 4. The highest BCUT2D eigenvalue weighted by atomic mass is 32.2. The highest BCUT2D eigenvalue weighted by Crippen LogP contribution is 2.34. The maximum atomic E-state index is 13.1. The number of amides is 1. The van der Waals surface area contributed by atoms with E-state index in [0.29, 0.717) is 25.3 Å². The molecule has 2 aromatic heterocycles. The number of aromatic nitrogens is 3. The minimum absolute atomic E-state index is 0.160. The second-order valence-electron chi connectivity index (χ2n) is 8.09. The molecule has 1 aliphatic heterocycles. The summed E-state index contributed by atoms with van der Waals surface area (Å²) in [5, 5.41) is 6.97. The quantitative estimate of drug-likeness (QED) is 0.647. The number of hydrogen-bond acceptors (Lipinski definition) is 6. The van der Waals surface area contributed by atoms with Crippen LogP contribution in [-0.4, -0.2) is 64.6 Å². The van der Waals surface area contributed by atoms with Crippen molar-refractivity contribution in [3.8, 4) is 11.3 Å². The monoisotopic (exact) mass is 443 g/mol. The summed E-state index contributed by atoms with van der Waals surface area (Å²) in [5.41, 5.74) is 3.44. The first-order chi connectivity index (χ1) is 14.9. The number of alkyl halides is 1. The van der Waals surface area contributed by atoms with Gasteiger partial charge in [-0.1, -0.05) is 30.3 Å².